The molecular formula is C47H80NO8P. The van der Waals surface area contributed by atoms with E-state index in [1.165, 1.54) is 38.5 Å². The molecule has 0 fully saturated rings. The van der Waals surface area contributed by atoms with Gasteiger partial charge in [0.15, 0.2) is 6.10 Å². The van der Waals surface area contributed by atoms with Gasteiger partial charge in [-0.1, -0.05) is 144 Å². The zero-order valence-corrected chi connectivity index (χ0v) is 37.4. The number of nitrogens with zero attached hydrogens (tertiary/aromatic N) is 1. The lowest BCUT2D eigenvalue weighted by atomic mass is 10.1. The van der Waals surface area contributed by atoms with Crippen molar-refractivity contribution in [1.29, 1.82) is 0 Å². The van der Waals surface area contributed by atoms with Crippen LogP contribution < -0.4 is 4.89 Å². The molecule has 0 rings (SSSR count). The fourth-order valence-electron chi connectivity index (χ4n) is 5.26. The van der Waals surface area contributed by atoms with Crippen molar-refractivity contribution >= 4 is 19.8 Å². The minimum atomic E-state index is -4.65. The molecule has 0 saturated carbocycles. The van der Waals surface area contributed by atoms with Gasteiger partial charge in [0.2, 0.25) is 0 Å². The van der Waals surface area contributed by atoms with Crippen LogP contribution in [0.2, 0.25) is 0 Å². The molecule has 0 heterocycles. The molecule has 0 bridgehead atoms. The highest BCUT2D eigenvalue weighted by atomic mass is 31.2. The number of phosphoric acid groups is 1. The second-order valence-corrected chi connectivity index (χ2v) is 16.7. The van der Waals surface area contributed by atoms with Crippen molar-refractivity contribution in [3.8, 4) is 0 Å². The molecule has 0 spiro atoms. The first-order valence-electron chi connectivity index (χ1n) is 21.8. The molecule has 2 atom stereocenters. The van der Waals surface area contributed by atoms with Crippen LogP contribution in [0.4, 0.5) is 0 Å². The van der Waals surface area contributed by atoms with E-state index in [9.17, 15) is 19.0 Å². The summed E-state index contributed by atoms with van der Waals surface area (Å²) in [5, 5.41) is 0. The summed E-state index contributed by atoms with van der Waals surface area (Å²) in [6.45, 7) is 3.98. The lowest BCUT2D eigenvalue weighted by Crippen LogP contribution is -2.37. The molecular weight excluding hydrogens is 737 g/mol. The van der Waals surface area contributed by atoms with Gasteiger partial charge in [0.25, 0.3) is 7.82 Å². The molecule has 57 heavy (non-hydrogen) atoms. The summed E-state index contributed by atoms with van der Waals surface area (Å²) >= 11 is 0. The van der Waals surface area contributed by atoms with Crippen LogP contribution in [0.1, 0.15) is 149 Å². The van der Waals surface area contributed by atoms with E-state index >= 15 is 0 Å². The van der Waals surface area contributed by atoms with Crippen LogP contribution in [-0.4, -0.2) is 70.0 Å². The number of allylic oxidation sites excluding steroid dienone is 14. The summed E-state index contributed by atoms with van der Waals surface area (Å²) in [5.41, 5.74) is 0. The van der Waals surface area contributed by atoms with Crippen molar-refractivity contribution in [2.45, 2.75) is 155 Å². The first-order valence-corrected chi connectivity index (χ1v) is 23.3. The number of phosphoric ester groups is 1. The third kappa shape index (κ3) is 42.6. The number of carbonyl (C=O) groups excluding carboxylic acids is 2. The quantitative estimate of drug-likeness (QED) is 0.0199. The second kappa shape index (κ2) is 38.7. The third-order valence-electron chi connectivity index (χ3n) is 8.66. The Morgan fingerprint density at radius 3 is 1.56 bits per heavy atom. The molecule has 0 aliphatic carbocycles. The summed E-state index contributed by atoms with van der Waals surface area (Å²) in [5.74, 6) is -0.951. The number of rotatable bonds is 38. The minimum Gasteiger partial charge on any atom is -0.756 e. The molecule has 0 saturated heterocycles. The Morgan fingerprint density at radius 2 is 1.04 bits per heavy atom. The van der Waals surface area contributed by atoms with Crippen LogP contribution in [0.5, 0.6) is 0 Å². The number of unbranched alkanes of at least 4 members (excludes halogenated alkanes) is 10. The summed E-state index contributed by atoms with van der Waals surface area (Å²) < 4.78 is 33.8. The normalized spacial score (nSPS) is 14.4. The van der Waals surface area contributed by atoms with Crippen molar-refractivity contribution < 1.29 is 42.1 Å². The van der Waals surface area contributed by atoms with E-state index in [1.54, 1.807) is 0 Å². The number of ether oxygens (including phenoxy) is 2. The Bertz CT molecular complexity index is 1240. The maximum Gasteiger partial charge on any atom is 0.306 e. The fourth-order valence-corrected chi connectivity index (χ4v) is 5.99. The zero-order valence-electron chi connectivity index (χ0n) is 36.5. The van der Waals surface area contributed by atoms with Crippen LogP contribution in [-0.2, 0) is 32.7 Å². The smallest absolute Gasteiger partial charge is 0.306 e. The molecule has 1 unspecified atom stereocenters. The molecule has 0 aliphatic heterocycles. The van der Waals surface area contributed by atoms with E-state index in [1.807, 2.05) is 33.3 Å². The van der Waals surface area contributed by atoms with Gasteiger partial charge in [-0.2, -0.15) is 0 Å². The van der Waals surface area contributed by atoms with Gasteiger partial charge in [0.05, 0.1) is 27.7 Å². The van der Waals surface area contributed by atoms with Gasteiger partial charge in [-0.15, -0.1) is 0 Å². The van der Waals surface area contributed by atoms with Crippen molar-refractivity contribution in [2.75, 3.05) is 47.5 Å². The van der Waals surface area contributed by atoms with Crippen LogP contribution in [0, 0.1) is 0 Å². The number of esters is 2. The Labute approximate surface area is 348 Å². The number of quaternary nitrogens is 1. The lowest BCUT2D eigenvalue weighted by molar-refractivity contribution is -0.870. The van der Waals surface area contributed by atoms with E-state index in [-0.39, 0.29) is 26.1 Å². The van der Waals surface area contributed by atoms with Crippen LogP contribution in [0.3, 0.4) is 0 Å². The average molecular weight is 818 g/mol. The third-order valence-corrected chi connectivity index (χ3v) is 9.63. The molecule has 0 aromatic rings. The SMILES string of the molecule is CC/C=C\C/C=C\C/C=C\C/C=C\C/C=C\C/C=C\CCC(=O)O[C@H](COC(=O)CCCCCCC/C=C\CCCCCCC)COP(=O)([O-])OCC[N+](C)(C)C. The predicted molar refractivity (Wildman–Crippen MR) is 236 cm³/mol. The molecule has 0 amide bonds. The Hall–Kier alpha value is -2.81. The molecule has 0 radical (unpaired) electrons. The molecule has 0 aromatic heterocycles. The maximum absolute atomic E-state index is 12.6. The van der Waals surface area contributed by atoms with Gasteiger partial charge in [0.1, 0.15) is 19.8 Å². The Morgan fingerprint density at radius 1 is 0.561 bits per heavy atom. The highest BCUT2D eigenvalue weighted by Crippen LogP contribution is 2.38. The van der Waals surface area contributed by atoms with E-state index in [0.717, 1.165) is 70.6 Å². The van der Waals surface area contributed by atoms with Gasteiger partial charge in [-0.3, -0.25) is 14.2 Å². The van der Waals surface area contributed by atoms with Crippen molar-refractivity contribution in [1.82, 2.24) is 0 Å². The number of hydrogen-bond acceptors (Lipinski definition) is 8. The van der Waals surface area contributed by atoms with Crippen molar-refractivity contribution in [3.63, 3.8) is 0 Å². The van der Waals surface area contributed by atoms with Gasteiger partial charge < -0.3 is 27.9 Å². The molecule has 9 nitrogen and oxygen atoms in total. The first kappa shape index (κ1) is 54.2. The highest BCUT2D eigenvalue weighted by Gasteiger charge is 2.21. The molecule has 326 valence electrons. The van der Waals surface area contributed by atoms with Crippen LogP contribution >= 0.6 is 7.82 Å². The van der Waals surface area contributed by atoms with E-state index in [2.05, 4.69) is 86.8 Å². The second-order valence-electron chi connectivity index (χ2n) is 15.3. The Kier molecular flexibility index (Phi) is 36.8. The summed E-state index contributed by atoms with van der Waals surface area (Å²) in [6.07, 6.45) is 49.1. The molecule has 0 aliphatic rings. The van der Waals surface area contributed by atoms with Gasteiger partial charge in [-0.05, 0) is 77.0 Å². The number of likely N-dealkylation sites (N-methyl/N-ethyl adjacent to an activating group) is 1. The molecule has 10 heteroatoms. The van der Waals surface area contributed by atoms with Gasteiger partial charge in [-0.25, -0.2) is 0 Å². The molecule has 0 N–H and O–H groups in total. The molecule has 0 aromatic carbocycles. The largest absolute Gasteiger partial charge is 0.756 e. The van der Waals surface area contributed by atoms with E-state index < -0.39 is 32.5 Å². The first-order chi connectivity index (χ1) is 27.5. The van der Waals surface area contributed by atoms with Crippen LogP contribution in [0.25, 0.3) is 0 Å². The monoisotopic (exact) mass is 818 g/mol. The summed E-state index contributed by atoms with van der Waals surface area (Å²) in [4.78, 5) is 37.5. The Balaban J connectivity index is 4.53. The van der Waals surface area contributed by atoms with E-state index in [0.29, 0.717) is 23.9 Å². The van der Waals surface area contributed by atoms with Crippen molar-refractivity contribution in [2.24, 2.45) is 0 Å². The maximum atomic E-state index is 12.6. The zero-order chi connectivity index (χ0) is 42.1. The highest BCUT2D eigenvalue weighted by molar-refractivity contribution is 7.45. The van der Waals surface area contributed by atoms with Gasteiger partial charge >= 0.3 is 11.9 Å². The van der Waals surface area contributed by atoms with E-state index in [4.69, 9.17) is 18.5 Å². The van der Waals surface area contributed by atoms with Crippen molar-refractivity contribution in [3.05, 3.63) is 85.1 Å². The minimum absolute atomic E-state index is 0.0500. The topological polar surface area (TPSA) is 111 Å². The average Bonchev–Trinajstić information content (AvgIpc) is 3.16. The van der Waals surface area contributed by atoms with Gasteiger partial charge in [0, 0.05) is 12.8 Å². The standard InChI is InChI=1S/C47H80NO8P/c1-6-8-10-12-14-16-18-20-22-23-24-25-26-28-30-32-34-36-38-40-47(50)56-45(44-55-57(51,52)54-42-41-48(3,4)5)43-53-46(49)39-37-35-33-31-29-27-21-19-17-15-13-11-9-7-2/h8,10,14,16,19-22,24-25,28,30,34,36,45H,6-7,9,11-13,15,17-18,23,26-27,29,31-33,35,37-44H2,1-5H3/b10-8-,16-14-,21-19-,22-20-,25-24-,30-28-,36-34-/t45-/m1/s1. The summed E-state index contributed by atoms with van der Waals surface area (Å²) in [6, 6.07) is 0. The number of carbonyl (C=O) groups is 2. The summed E-state index contributed by atoms with van der Waals surface area (Å²) in [7, 11) is 1.10. The fraction of sp³-hybridized carbons (Fsp3) is 0.660. The number of hydrogen-bond donors (Lipinski definition) is 0. The van der Waals surface area contributed by atoms with Crippen LogP contribution in [0.15, 0.2) is 85.1 Å². The lowest BCUT2D eigenvalue weighted by Gasteiger charge is -2.28. The predicted octanol–water partition coefficient (Wildman–Crippen LogP) is 11.8.